The van der Waals surface area contributed by atoms with Crippen molar-refractivity contribution in [3.63, 3.8) is 0 Å². The Hall–Kier alpha value is -3.02. The van der Waals surface area contributed by atoms with Crippen LogP contribution in [0.2, 0.25) is 0 Å². The van der Waals surface area contributed by atoms with E-state index in [1.54, 1.807) is 12.1 Å². The molecule has 1 saturated heterocycles. The van der Waals surface area contributed by atoms with Gasteiger partial charge in [0.25, 0.3) is 0 Å². The predicted octanol–water partition coefficient (Wildman–Crippen LogP) is 3.10. The number of hydrogen-bond donors (Lipinski definition) is 2. The average molecular weight is 367 g/mol. The van der Waals surface area contributed by atoms with Gasteiger partial charge >= 0.3 is 0 Å². The van der Waals surface area contributed by atoms with Crippen molar-refractivity contribution in [3.8, 4) is 5.75 Å². The number of rotatable bonds is 7. The van der Waals surface area contributed by atoms with Crippen molar-refractivity contribution in [3.05, 3.63) is 53.6 Å². The molecule has 1 heterocycles. The van der Waals surface area contributed by atoms with Gasteiger partial charge in [0.15, 0.2) is 0 Å². The lowest BCUT2D eigenvalue weighted by Gasteiger charge is -2.22. The number of ether oxygens (including phenoxy) is 1. The third kappa shape index (κ3) is 5.00. The first-order valence-electron chi connectivity index (χ1n) is 9.21. The Morgan fingerprint density at radius 2 is 1.81 bits per heavy atom. The van der Waals surface area contributed by atoms with E-state index in [0.717, 1.165) is 42.9 Å². The molecular weight excluding hydrogens is 342 g/mol. The van der Waals surface area contributed by atoms with Crippen LogP contribution in [0, 0.1) is 6.92 Å². The molecule has 1 fully saturated rings. The summed E-state index contributed by atoms with van der Waals surface area (Å²) in [4.78, 5) is 26.1. The molecule has 0 spiro atoms. The van der Waals surface area contributed by atoms with Crippen molar-refractivity contribution >= 4 is 23.2 Å². The largest absolute Gasteiger partial charge is 0.493 e. The summed E-state index contributed by atoms with van der Waals surface area (Å²) in [7, 11) is 0. The monoisotopic (exact) mass is 367 g/mol. The van der Waals surface area contributed by atoms with Crippen molar-refractivity contribution < 1.29 is 14.3 Å². The van der Waals surface area contributed by atoms with Gasteiger partial charge in [-0.1, -0.05) is 17.7 Å². The van der Waals surface area contributed by atoms with E-state index in [-0.39, 0.29) is 18.9 Å². The molecule has 0 radical (unpaired) electrons. The quantitative estimate of drug-likeness (QED) is 0.787. The molecule has 0 bridgehead atoms. The van der Waals surface area contributed by atoms with Crippen molar-refractivity contribution in [2.24, 2.45) is 5.73 Å². The minimum Gasteiger partial charge on any atom is -0.493 e. The van der Waals surface area contributed by atoms with E-state index in [2.05, 4.69) is 10.2 Å². The van der Waals surface area contributed by atoms with Crippen LogP contribution in [0.25, 0.3) is 0 Å². The topological polar surface area (TPSA) is 84.7 Å². The van der Waals surface area contributed by atoms with E-state index in [1.807, 2.05) is 37.3 Å². The number of hydrogen-bond acceptors (Lipinski definition) is 4. The molecule has 0 aliphatic carbocycles. The SMILES string of the molecule is Cc1ccc(OCCC(=O)Nc2cc(C(N)=O)ccc2N2CCCC2)cc1. The van der Waals surface area contributed by atoms with Gasteiger partial charge in [-0.25, -0.2) is 0 Å². The fraction of sp³-hybridized carbons (Fsp3) is 0.333. The van der Waals surface area contributed by atoms with Crippen LogP contribution in [-0.2, 0) is 4.79 Å². The maximum atomic E-state index is 12.4. The number of benzene rings is 2. The molecule has 3 rings (SSSR count). The molecule has 6 nitrogen and oxygen atoms in total. The van der Waals surface area contributed by atoms with Gasteiger partial charge in [-0.3, -0.25) is 9.59 Å². The molecule has 3 N–H and O–H groups in total. The van der Waals surface area contributed by atoms with Crippen LogP contribution in [0.1, 0.15) is 35.2 Å². The lowest BCUT2D eigenvalue weighted by atomic mass is 10.1. The summed E-state index contributed by atoms with van der Waals surface area (Å²) in [5.41, 5.74) is 8.46. The average Bonchev–Trinajstić information content (AvgIpc) is 3.17. The molecule has 0 unspecified atom stereocenters. The van der Waals surface area contributed by atoms with Crippen molar-refractivity contribution in [1.29, 1.82) is 0 Å². The van der Waals surface area contributed by atoms with Gasteiger partial charge in [-0.05, 0) is 50.1 Å². The van der Waals surface area contributed by atoms with E-state index < -0.39 is 5.91 Å². The number of aryl methyl sites for hydroxylation is 1. The first-order valence-corrected chi connectivity index (χ1v) is 9.21. The Kier molecular flexibility index (Phi) is 5.96. The molecule has 1 aliphatic rings. The van der Waals surface area contributed by atoms with Gasteiger partial charge in [0.2, 0.25) is 11.8 Å². The molecular formula is C21H25N3O3. The van der Waals surface area contributed by atoms with Gasteiger partial charge in [-0.15, -0.1) is 0 Å². The van der Waals surface area contributed by atoms with Gasteiger partial charge < -0.3 is 20.7 Å². The summed E-state index contributed by atoms with van der Waals surface area (Å²) in [5.74, 6) is 0.0623. The van der Waals surface area contributed by atoms with E-state index >= 15 is 0 Å². The van der Waals surface area contributed by atoms with Crippen LogP contribution in [0.5, 0.6) is 5.75 Å². The summed E-state index contributed by atoms with van der Waals surface area (Å²) in [6.45, 7) is 4.17. The zero-order chi connectivity index (χ0) is 19.2. The molecule has 27 heavy (non-hydrogen) atoms. The number of amides is 2. The molecule has 142 valence electrons. The van der Waals surface area contributed by atoms with Crippen molar-refractivity contribution in [1.82, 2.24) is 0 Å². The molecule has 0 atom stereocenters. The molecule has 1 aliphatic heterocycles. The predicted molar refractivity (Wildman–Crippen MR) is 106 cm³/mol. The number of carbonyl (C=O) groups is 2. The Morgan fingerprint density at radius 3 is 2.48 bits per heavy atom. The minimum absolute atomic E-state index is 0.163. The number of primary amides is 1. The molecule has 2 aromatic rings. The number of carbonyl (C=O) groups excluding carboxylic acids is 2. The third-order valence-corrected chi connectivity index (χ3v) is 4.62. The number of nitrogens with zero attached hydrogens (tertiary/aromatic N) is 1. The smallest absolute Gasteiger partial charge is 0.248 e. The standard InChI is InChI=1S/C21H25N3O3/c1-15-4-7-17(8-5-15)27-13-10-20(25)23-18-14-16(21(22)26)6-9-19(18)24-11-2-3-12-24/h4-9,14H,2-3,10-13H2,1H3,(H2,22,26)(H,23,25). The molecule has 0 saturated carbocycles. The van der Waals surface area contributed by atoms with E-state index in [1.165, 1.54) is 0 Å². The number of nitrogens with two attached hydrogens (primary N) is 1. The lowest BCUT2D eigenvalue weighted by molar-refractivity contribution is -0.116. The highest BCUT2D eigenvalue weighted by Gasteiger charge is 2.18. The van der Waals surface area contributed by atoms with Crippen LogP contribution in [0.4, 0.5) is 11.4 Å². The third-order valence-electron chi connectivity index (χ3n) is 4.62. The highest BCUT2D eigenvalue weighted by molar-refractivity contribution is 5.99. The zero-order valence-corrected chi connectivity index (χ0v) is 15.5. The summed E-state index contributed by atoms with van der Waals surface area (Å²) in [6, 6.07) is 12.9. The van der Waals surface area contributed by atoms with Crippen LogP contribution in [-0.4, -0.2) is 31.5 Å². The van der Waals surface area contributed by atoms with Crippen LogP contribution in [0.3, 0.4) is 0 Å². The summed E-state index contributed by atoms with van der Waals surface area (Å²) in [6.07, 6.45) is 2.46. The second-order valence-electron chi connectivity index (χ2n) is 6.75. The highest BCUT2D eigenvalue weighted by atomic mass is 16.5. The first kappa shape index (κ1) is 18.8. The van der Waals surface area contributed by atoms with Gasteiger partial charge in [-0.2, -0.15) is 0 Å². The normalized spacial score (nSPS) is 13.4. The minimum atomic E-state index is -0.513. The van der Waals surface area contributed by atoms with E-state index in [4.69, 9.17) is 10.5 Å². The summed E-state index contributed by atoms with van der Waals surface area (Å²) in [5, 5.41) is 2.91. The first-order chi connectivity index (χ1) is 13.0. The second kappa shape index (κ2) is 8.58. The van der Waals surface area contributed by atoms with Crippen LogP contribution < -0.4 is 20.7 Å². The van der Waals surface area contributed by atoms with Gasteiger partial charge in [0.05, 0.1) is 24.4 Å². The molecule has 6 heteroatoms. The fourth-order valence-corrected chi connectivity index (χ4v) is 3.13. The Balaban J connectivity index is 1.63. The number of nitrogens with one attached hydrogen (secondary N) is 1. The molecule has 2 aromatic carbocycles. The van der Waals surface area contributed by atoms with Gasteiger partial charge in [0, 0.05) is 18.7 Å². The summed E-state index contributed by atoms with van der Waals surface area (Å²) < 4.78 is 5.62. The molecule has 2 amide bonds. The van der Waals surface area contributed by atoms with Crippen molar-refractivity contribution in [2.75, 3.05) is 29.9 Å². The maximum Gasteiger partial charge on any atom is 0.248 e. The summed E-state index contributed by atoms with van der Waals surface area (Å²) >= 11 is 0. The maximum absolute atomic E-state index is 12.4. The second-order valence-corrected chi connectivity index (χ2v) is 6.75. The number of anilines is 2. The Morgan fingerprint density at radius 1 is 1.11 bits per heavy atom. The lowest BCUT2D eigenvalue weighted by Crippen LogP contribution is -2.22. The zero-order valence-electron chi connectivity index (χ0n) is 15.5. The van der Waals surface area contributed by atoms with Crippen molar-refractivity contribution in [2.45, 2.75) is 26.2 Å². The Labute approximate surface area is 159 Å². The molecule has 0 aromatic heterocycles. The Bertz CT molecular complexity index is 812. The van der Waals surface area contributed by atoms with E-state index in [9.17, 15) is 9.59 Å². The van der Waals surface area contributed by atoms with E-state index in [0.29, 0.717) is 11.3 Å². The highest BCUT2D eigenvalue weighted by Crippen LogP contribution is 2.30. The fourth-order valence-electron chi connectivity index (χ4n) is 3.13. The van der Waals surface area contributed by atoms with Crippen LogP contribution in [0.15, 0.2) is 42.5 Å². The van der Waals surface area contributed by atoms with Gasteiger partial charge in [0.1, 0.15) is 5.75 Å². The van der Waals surface area contributed by atoms with Crippen LogP contribution >= 0.6 is 0 Å².